The molecular weight excluding hydrogens is 376 g/mol. The van der Waals surface area contributed by atoms with Gasteiger partial charge in [0.2, 0.25) is 5.91 Å². The van der Waals surface area contributed by atoms with Crippen LogP contribution in [0, 0.1) is 5.82 Å². The SMILES string of the molecule is C=Nc1c(N)cccc1NC(C)=O.CNC(C)c1cc(F)cc(C(F)(F)F)c1. The van der Waals surface area contributed by atoms with E-state index >= 15 is 0 Å². The quantitative estimate of drug-likeness (QED) is 0.397. The van der Waals surface area contributed by atoms with E-state index in [4.69, 9.17) is 5.73 Å². The summed E-state index contributed by atoms with van der Waals surface area (Å²) in [6, 6.07) is 7.39. The molecule has 0 aliphatic rings. The van der Waals surface area contributed by atoms with E-state index in [-0.39, 0.29) is 17.5 Å². The number of benzene rings is 2. The normalized spacial score (nSPS) is 11.8. The molecule has 0 aromatic heterocycles. The van der Waals surface area contributed by atoms with Crippen LogP contribution in [0.3, 0.4) is 0 Å². The molecule has 9 heteroatoms. The van der Waals surface area contributed by atoms with Crippen molar-refractivity contribution >= 4 is 29.7 Å². The molecule has 0 aliphatic heterocycles. The molecule has 0 bridgehead atoms. The Balaban J connectivity index is 0.000000283. The van der Waals surface area contributed by atoms with Crippen molar-refractivity contribution in [3.05, 3.63) is 53.3 Å². The molecule has 28 heavy (non-hydrogen) atoms. The Morgan fingerprint density at radius 2 is 1.89 bits per heavy atom. The Labute approximate surface area is 160 Å². The summed E-state index contributed by atoms with van der Waals surface area (Å²) in [7, 11) is 1.60. The van der Waals surface area contributed by atoms with Crippen LogP contribution >= 0.6 is 0 Å². The van der Waals surface area contributed by atoms with Crippen LogP contribution in [0.4, 0.5) is 34.6 Å². The molecule has 2 rings (SSSR count). The van der Waals surface area contributed by atoms with Crippen molar-refractivity contribution in [2.24, 2.45) is 4.99 Å². The number of alkyl halides is 3. The van der Waals surface area contributed by atoms with Gasteiger partial charge in [-0.2, -0.15) is 13.2 Å². The number of aliphatic imine (C=N–C) groups is 1. The first-order chi connectivity index (χ1) is 13.0. The Morgan fingerprint density at radius 1 is 1.25 bits per heavy atom. The summed E-state index contributed by atoms with van der Waals surface area (Å²) in [5, 5.41) is 5.37. The number of rotatable bonds is 4. The summed E-state index contributed by atoms with van der Waals surface area (Å²) in [5.74, 6) is -1.03. The number of carbonyl (C=O) groups is 1. The molecule has 5 nitrogen and oxygen atoms in total. The number of hydrogen-bond acceptors (Lipinski definition) is 4. The number of nitrogens with two attached hydrogens (primary N) is 1. The minimum absolute atomic E-state index is 0.157. The first-order valence-electron chi connectivity index (χ1n) is 8.17. The highest BCUT2D eigenvalue weighted by Crippen LogP contribution is 2.32. The third kappa shape index (κ3) is 6.66. The van der Waals surface area contributed by atoms with Gasteiger partial charge in [0.1, 0.15) is 11.5 Å². The van der Waals surface area contributed by atoms with Crippen LogP contribution in [-0.2, 0) is 11.0 Å². The molecule has 0 fully saturated rings. The summed E-state index contributed by atoms with van der Waals surface area (Å²) in [4.78, 5) is 14.5. The van der Waals surface area contributed by atoms with Crippen LogP contribution in [0.2, 0.25) is 0 Å². The Bertz CT molecular complexity index is 837. The number of carbonyl (C=O) groups excluding carboxylic acids is 1. The number of hydrogen-bond donors (Lipinski definition) is 3. The van der Waals surface area contributed by atoms with E-state index in [9.17, 15) is 22.4 Å². The summed E-state index contributed by atoms with van der Waals surface area (Å²) < 4.78 is 49.9. The van der Waals surface area contributed by atoms with E-state index in [1.807, 2.05) is 0 Å². The second-order valence-corrected chi connectivity index (χ2v) is 5.86. The van der Waals surface area contributed by atoms with Crippen molar-refractivity contribution in [1.82, 2.24) is 5.32 Å². The monoisotopic (exact) mass is 398 g/mol. The maximum absolute atomic E-state index is 12.9. The molecule has 1 unspecified atom stereocenters. The molecule has 1 amide bonds. The zero-order chi connectivity index (χ0) is 21.5. The van der Waals surface area contributed by atoms with Crippen molar-refractivity contribution in [3.63, 3.8) is 0 Å². The lowest BCUT2D eigenvalue weighted by molar-refractivity contribution is -0.137. The minimum atomic E-state index is -4.51. The summed E-state index contributed by atoms with van der Waals surface area (Å²) in [5.41, 5.74) is 6.54. The highest BCUT2D eigenvalue weighted by molar-refractivity contribution is 5.94. The fraction of sp³-hybridized carbons (Fsp3) is 0.263. The first kappa shape index (κ1) is 23.1. The van der Waals surface area contributed by atoms with Gasteiger partial charge in [0.25, 0.3) is 0 Å². The average molecular weight is 398 g/mol. The van der Waals surface area contributed by atoms with Crippen LogP contribution in [0.25, 0.3) is 0 Å². The largest absolute Gasteiger partial charge is 0.416 e. The third-order valence-corrected chi connectivity index (χ3v) is 3.72. The number of nitrogens with one attached hydrogen (secondary N) is 2. The highest BCUT2D eigenvalue weighted by atomic mass is 19.4. The van der Waals surface area contributed by atoms with E-state index in [1.54, 1.807) is 32.2 Å². The second-order valence-electron chi connectivity index (χ2n) is 5.86. The number of nitrogen functional groups attached to an aromatic ring is 1. The van der Waals surface area contributed by atoms with E-state index in [2.05, 4.69) is 22.3 Å². The van der Waals surface area contributed by atoms with Crippen molar-refractivity contribution in [3.8, 4) is 0 Å². The molecule has 4 N–H and O–H groups in total. The van der Waals surface area contributed by atoms with Crippen molar-refractivity contribution in [2.75, 3.05) is 18.1 Å². The van der Waals surface area contributed by atoms with Gasteiger partial charge in [-0.25, -0.2) is 4.39 Å². The number of nitrogens with zero attached hydrogens (tertiary/aromatic N) is 1. The molecule has 0 heterocycles. The molecule has 0 radical (unpaired) electrons. The summed E-state index contributed by atoms with van der Waals surface area (Å²) in [6.07, 6.45) is -4.51. The Kier molecular flexibility index (Phi) is 8.12. The molecular formula is C19H22F4N4O. The second kappa shape index (κ2) is 9.84. The van der Waals surface area contributed by atoms with Crippen LogP contribution in [0.1, 0.15) is 31.0 Å². The topological polar surface area (TPSA) is 79.5 Å². The minimum Gasteiger partial charge on any atom is -0.397 e. The molecule has 2 aromatic rings. The molecule has 0 saturated carbocycles. The fourth-order valence-electron chi connectivity index (χ4n) is 2.22. The van der Waals surface area contributed by atoms with Crippen molar-refractivity contribution in [2.45, 2.75) is 26.1 Å². The lowest BCUT2D eigenvalue weighted by Gasteiger charge is -2.14. The lowest BCUT2D eigenvalue weighted by Crippen LogP contribution is -2.14. The molecule has 0 aliphatic carbocycles. The molecule has 0 spiro atoms. The molecule has 1 atom stereocenters. The third-order valence-electron chi connectivity index (χ3n) is 3.72. The molecule has 0 saturated heterocycles. The van der Waals surface area contributed by atoms with Gasteiger partial charge in [0.15, 0.2) is 0 Å². The van der Waals surface area contributed by atoms with Crippen molar-refractivity contribution in [1.29, 1.82) is 0 Å². The zero-order valence-corrected chi connectivity index (χ0v) is 15.7. The maximum atomic E-state index is 12.9. The predicted octanol–water partition coefficient (Wildman–Crippen LogP) is 4.68. The first-order valence-corrected chi connectivity index (χ1v) is 8.17. The standard InChI is InChI=1S/C10H11F4N.C9H11N3O/c1-6(15-2)7-3-8(10(12,13)14)5-9(11)4-7;1-6(13)12-8-5-3-4-7(10)9(8)11-2/h3-6,15H,1-2H3;3-5H,2,10H2,1H3,(H,12,13). The van der Waals surface area contributed by atoms with Gasteiger partial charge in [-0.05, 0) is 56.6 Å². The number of para-hydroxylation sites is 1. The molecule has 152 valence electrons. The van der Waals surface area contributed by atoms with Crippen molar-refractivity contribution < 1.29 is 22.4 Å². The van der Waals surface area contributed by atoms with Gasteiger partial charge < -0.3 is 16.4 Å². The van der Waals surface area contributed by atoms with Crippen LogP contribution in [0.5, 0.6) is 0 Å². The van der Waals surface area contributed by atoms with Gasteiger partial charge in [0, 0.05) is 13.0 Å². The number of amides is 1. The average Bonchev–Trinajstić information content (AvgIpc) is 2.60. The Morgan fingerprint density at radius 3 is 2.39 bits per heavy atom. The Hall–Kier alpha value is -2.94. The highest BCUT2D eigenvalue weighted by Gasteiger charge is 2.31. The number of halogens is 4. The summed E-state index contributed by atoms with van der Waals surface area (Å²) >= 11 is 0. The van der Waals surface area contributed by atoms with E-state index in [0.717, 1.165) is 12.1 Å². The maximum Gasteiger partial charge on any atom is 0.416 e. The molecule has 2 aromatic carbocycles. The van der Waals surface area contributed by atoms with Gasteiger partial charge >= 0.3 is 6.18 Å². The van der Waals surface area contributed by atoms with Gasteiger partial charge in [0.05, 0.1) is 16.9 Å². The van der Waals surface area contributed by atoms with E-state index in [0.29, 0.717) is 23.1 Å². The van der Waals surface area contributed by atoms with E-state index < -0.39 is 17.6 Å². The van der Waals surface area contributed by atoms with E-state index in [1.165, 1.54) is 6.92 Å². The van der Waals surface area contributed by atoms with Crippen LogP contribution < -0.4 is 16.4 Å². The van der Waals surface area contributed by atoms with Crippen LogP contribution in [0.15, 0.2) is 41.4 Å². The fourth-order valence-corrected chi connectivity index (χ4v) is 2.22. The lowest BCUT2D eigenvalue weighted by atomic mass is 10.0. The van der Waals surface area contributed by atoms with Crippen LogP contribution in [-0.4, -0.2) is 19.7 Å². The van der Waals surface area contributed by atoms with Gasteiger partial charge in [-0.15, -0.1) is 0 Å². The van der Waals surface area contributed by atoms with Gasteiger partial charge in [-0.3, -0.25) is 9.79 Å². The van der Waals surface area contributed by atoms with Gasteiger partial charge in [-0.1, -0.05) is 6.07 Å². The smallest absolute Gasteiger partial charge is 0.397 e. The predicted molar refractivity (Wildman–Crippen MR) is 103 cm³/mol. The zero-order valence-electron chi connectivity index (χ0n) is 15.7. The summed E-state index contributed by atoms with van der Waals surface area (Å²) in [6.45, 7) is 6.47. The number of anilines is 2.